The van der Waals surface area contributed by atoms with Crippen molar-refractivity contribution < 1.29 is 9.53 Å². The third-order valence-corrected chi connectivity index (χ3v) is 6.21. The van der Waals surface area contributed by atoms with Gasteiger partial charge in [-0.05, 0) is 54.4 Å². The molecular formula is C25H23ClN4O2S. The van der Waals surface area contributed by atoms with Crippen molar-refractivity contribution in [3.63, 3.8) is 0 Å². The lowest BCUT2D eigenvalue weighted by Gasteiger charge is -2.12. The summed E-state index contributed by atoms with van der Waals surface area (Å²) in [6, 6.07) is 23.2. The van der Waals surface area contributed by atoms with E-state index in [9.17, 15) is 4.79 Å². The first-order valence-electron chi connectivity index (χ1n) is 10.3. The number of thioether (sulfide) groups is 1. The SMILES string of the molecule is COc1ccc(-n2c(Cc3ccccc3)nnc2SCC(=O)Nc2cc(Cl)ccc2C)cc1. The Morgan fingerprint density at radius 2 is 1.82 bits per heavy atom. The number of methoxy groups -OCH3 is 1. The molecule has 0 atom stereocenters. The van der Waals surface area contributed by atoms with Gasteiger partial charge in [-0.15, -0.1) is 10.2 Å². The Morgan fingerprint density at radius 3 is 2.55 bits per heavy atom. The van der Waals surface area contributed by atoms with Crippen LogP contribution in [0.3, 0.4) is 0 Å². The molecule has 0 radical (unpaired) electrons. The third kappa shape index (κ3) is 5.74. The summed E-state index contributed by atoms with van der Waals surface area (Å²) in [5, 5.41) is 13.0. The van der Waals surface area contributed by atoms with Gasteiger partial charge in [-0.3, -0.25) is 9.36 Å². The fourth-order valence-electron chi connectivity index (χ4n) is 3.32. The summed E-state index contributed by atoms with van der Waals surface area (Å²) in [5.41, 5.74) is 3.68. The maximum absolute atomic E-state index is 12.6. The van der Waals surface area contributed by atoms with E-state index in [-0.39, 0.29) is 11.7 Å². The van der Waals surface area contributed by atoms with Crippen molar-refractivity contribution in [3.05, 3.63) is 94.8 Å². The Morgan fingerprint density at radius 1 is 1.06 bits per heavy atom. The molecule has 8 heteroatoms. The fraction of sp³-hybridized carbons (Fsp3) is 0.160. The topological polar surface area (TPSA) is 69.0 Å². The Labute approximate surface area is 202 Å². The summed E-state index contributed by atoms with van der Waals surface area (Å²) in [5.74, 6) is 1.60. The highest BCUT2D eigenvalue weighted by molar-refractivity contribution is 7.99. The molecule has 0 unspecified atom stereocenters. The van der Waals surface area contributed by atoms with Crippen molar-refractivity contribution in [2.45, 2.75) is 18.5 Å². The summed E-state index contributed by atoms with van der Waals surface area (Å²) in [4.78, 5) is 12.6. The third-order valence-electron chi connectivity index (χ3n) is 5.04. The van der Waals surface area contributed by atoms with Crippen LogP contribution < -0.4 is 10.1 Å². The number of halogens is 1. The number of aromatic nitrogens is 3. The van der Waals surface area contributed by atoms with Crippen LogP contribution in [0, 0.1) is 6.92 Å². The Hall–Kier alpha value is -3.29. The molecule has 168 valence electrons. The minimum absolute atomic E-state index is 0.140. The van der Waals surface area contributed by atoms with E-state index in [1.165, 1.54) is 11.8 Å². The van der Waals surface area contributed by atoms with Crippen LogP contribution in [0.2, 0.25) is 5.02 Å². The number of rotatable bonds is 8. The lowest BCUT2D eigenvalue weighted by molar-refractivity contribution is -0.113. The molecule has 4 aromatic rings. The van der Waals surface area contributed by atoms with Gasteiger partial charge in [0.05, 0.1) is 12.9 Å². The number of hydrogen-bond acceptors (Lipinski definition) is 5. The van der Waals surface area contributed by atoms with E-state index >= 15 is 0 Å². The zero-order chi connectivity index (χ0) is 23.2. The van der Waals surface area contributed by atoms with Gasteiger partial charge in [0.1, 0.15) is 11.6 Å². The summed E-state index contributed by atoms with van der Waals surface area (Å²) in [7, 11) is 1.64. The average molecular weight is 479 g/mol. The van der Waals surface area contributed by atoms with E-state index in [1.807, 2.05) is 60.0 Å². The van der Waals surface area contributed by atoms with Crippen molar-refractivity contribution >= 4 is 35.0 Å². The van der Waals surface area contributed by atoms with Crippen LogP contribution in [0.25, 0.3) is 5.69 Å². The molecule has 1 heterocycles. The number of anilines is 1. The van der Waals surface area contributed by atoms with Gasteiger partial charge in [0.25, 0.3) is 0 Å². The molecule has 1 N–H and O–H groups in total. The number of ether oxygens (including phenoxy) is 1. The fourth-order valence-corrected chi connectivity index (χ4v) is 4.27. The van der Waals surface area contributed by atoms with Crippen LogP contribution in [0.4, 0.5) is 5.69 Å². The molecule has 1 aromatic heterocycles. The number of carbonyl (C=O) groups excluding carboxylic acids is 1. The molecule has 1 amide bonds. The van der Waals surface area contributed by atoms with Crippen LogP contribution in [-0.4, -0.2) is 33.5 Å². The summed E-state index contributed by atoms with van der Waals surface area (Å²) in [6.07, 6.45) is 0.619. The second kappa shape index (κ2) is 10.6. The quantitative estimate of drug-likeness (QED) is 0.336. The second-order valence-electron chi connectivity index (χ2n) is 7.39. The van der Waals surface area contributed by atoms with Crippen LogP contribution in [0.5, 0.6) is 5.75 Å². The molecule has 0 aliphatic rings. The number of nitrogens with one attached hydrogen (secondary N) is 1. The predicted octanol–water partition coefficient (Wildman–Crippen LogP) is 5.56. The zero-order valence-corrected chi connectivity index (χ0v) is 19.9. The Bertz CT molecular complexity index is 1240. The molecular weight excluding hydrogens is 456 g/mol. The van der Waals surface area contributed by atoms with Crippen LogP contribution in [-0.2, 0) is 11.2 Å². The van der Waals surface area contributed by atoms with Crippen molar-refractivity contribution in [1.82, 2.24) is 14.8 Å². The molecule has 0 spiro atoms. The molecule has 0 aliphatic heterocycles. The number of carbonyl (C=O) groups is 1. The van der Waals surface area contributed by atoms with E-state index in [0.717, 1.165) is 28.4 Å². The van der Waals surface area contributed by atoms with Gasteiger partial charge in [-0.1, -0.05) is 59.8 Å². The minimum Gasteiger partial charge on any atom is -0.497 e. The molecule has 0 aliphatic carbocycles. The van der Waals surface area contributed by atoms with E-state index < -0.39 is 0 Å². The number of nitrogens with zero attached hydrogens (tertiary/aromatic N) is 3. The highest BCUT2D eigenvalue weighted by Gasteiger charge is 2.17. The van der Waals surface area contributed by atoms with Gasteiger partial charge in [0.15, 0.2) is 5.16 Å². The van der Waals surface area contributed by atoms with Gasteiger partial charge in [-0.2, -0.15) is 0 Å². The van der Waals surface area contributed by atoms with Gasteiger partial charge >= 0.3 is 0 Å². The highest BCUT2D eigenvalue weighted by Crippen LogP contribution is 2.26. The zero-order valence-electron chi connectivity index (χ0n) is 18.3. The monoisotopic (exact) mass is 478 g/mol. The minimum atomic E-state index is -0.140. The van der Waals surface area contributed by atoms with Crippen LogP contribution >= 0.6 is 23.4 Å². The lowest BCUT2D eigenvalue weighted by atomic mass is 10.1. The standard InChI is InChI=1S/C25H23ClN4O2S/c1-17-8-9-19(26)15-22(17)27-24(31)16-33-25-29-28-23(14-18-6-4-3-5-7-18)30(25)20-10-12-21(32-2)13-11-20/h3-13,15H,14,16H2,1-2H3,(H,27,31). The maximum Gasteiger partial charge on any atom is 0.234 e. The van der Waals surface area contributed by atoms with Crippen molar-refractivity contribution in [2.24, 2.45) is 0 Å². The van der Waals surface area contributed by atoms with E-state index in [4.69, 9.17) is 16.3 Å². The molecule has 0 saturated carbocycles. The first-order valence-corrected chi connectivity index (χ1v) is 11.7. The van der Waals surface area contributed by atoms with E-state index in [0.29, 0.717) is 22.3 Å². The van der Waals surface area contributed by atoms with Crippen molar-refractivity contribution in [1.29, 1.82) is 0 Å². The molecule has 0 fully saturated rings. The molecule has 4 rings (SSSR count). The molecule has 33 heavy (non-hydrogen) atoms. The average Bonchev–Trinajstić information content (AvgIpc) is 3.23. The number of benzene rings is 3. The van der Waals surface area contributed by atoms with Gasteiger partial charge < -0.3 is 10.1 Å². The number of hydrogen-bond donors (Lipinski definition) is 1. The van der Waals surface area contributed by atoms with Crippen LogP contribution in [0.15, 0.2) is 78.0 Å². The van der Waals surface area contributed by atoms with Crippen molar-refractivity contribution in [3.8, 4) is 11.4 Å². The number of amides is 1. The Balaban J connectivity index is 1.56. The molecule has 0 bridgehead atoms. The van der Waals surface area contributed by atoms with Crippen LogP contribution in [0.1, 0.15) is 17.0 Å². The maximum atomic E-state index is 12.6. The molecule has 6 nitrogen and oxygen atoms in total. The summed E-state index contributed by atoms with van der Waals surface area (Å²) < 4.78 is 7.27. The van der Waals surface area contributed by atoms with Crippen molar-refractivity contribution in [2.75, 3.05) is 18.2 Å². The Kier molecular flexibility index (Phi) is 7.32. The highest BCUT2D eigenvalue weighted by atomic mass is 35.5. The summed E-state index contributed by atoms with van der Waals surface area (Å²) >= 11 is 7.40. The normalized spacial score (nSPS) is 10.8. The summed E-state index contributed by atoms with van der Waals surface area (Å²) in [6.45, 7) is 1.93. The first kappa shape index (κ1) is 22.9. The second-order valence-corrected chi connectivity index (χ2v) is 8.77. The largest absolute Gasteiger partial charge is 0.497 e. The van der Waals surface area contributed by atoms with Gasteiger partial charge in [0.2, 0.25) is 5.91 Å². The lowest BCUT2D eigenvalue weighted by Crippen LogP contribution is -2.15. The molecule has 3 aromatic carbocycles. The van der Waals surface area contributed by atoms with E-state index in [1.54, 1.807) is 19.2 Å². The smallest absolute Gasteiger partial charge is 0.234 e. The van der Waals surface area contributed by atoms with E-state index in [2.05, 4.69) is 27.6 Å². The number of aryl methyl sites for hydroxylation is 1. The predicted molar refractivity (Wildman–Crippen MR) is 133 cm³/mol. The van der Waals surface area contributed by atoms with Gasteiger partial charge in [-0.25, -0.2) is 0 Å². The van der Waals surface area contributed by atoms with Gasteiger partial charge in [0, 0.05) is 22.8 Å². The molecule has 0 saturated heterocycles. The first-order chi connectivity index (χ1) is 16.0.